The fourth-order valence-electron chi connectivity index (χ4n) is 1.35. The standard InChI is InChI=1S/C14H18O2/c1-5-11(4)14(15)16-13-9-7-6-8-12(13)10(2)3/h5-10H,1-4H3/b11-5-. The van der Waals surface area contributed by atoms with Crippen molar-refractivity contribution >= 4 is 5.97 Å². The van der Waals surface area contributed by atoms with Crippen LogP contribution >= 0.6 is 0 Å². The van der Waals surface area contributed by atoms with Crippen LogP contribution in [0.5, 0.6) is 5.75 Å². The predicted octanol–water partition coefficient (Wildman–Crippen LogP) is 3.68. The molecule has 0 amide bonds. The average molecular weight is 218 g/mol. The van der Waals surface area contributed by atoms with Gasteiger partial charge in [-0.2, -0.15) is 0 Å². The van der Waals surface area contributed by atoms with Crippen molar-refractivity contribution in [1.82, 2.24) is 0 Å². The number of ether oxygens (including phenoxy) is 1. The summed E-state index contributed by atoms with van der Waals surface area (Å²) in [7, 11) is 0. The molecule has 0 heterocycles. The third-order valence-electron chi connectivity index (χ3n) is 2.50. The van der Waals surface area contributed by atoms with Crippen LogP contribution in [0.3, 0.4) is 0 Å². The highest BCUT2D eigenvalue weighted by molar-refractivity contribution is 5.89. The van der Waals surface area contributed by atoms with Crippen LogP contribution in [0.2, 0.25) is 0 Å². The van der Waals surface area contributed by atoms with Crippen molar-refractivity contribution in [3.63, 3.8) is 0 Å². The first-order valence-corrected chi connectivity index (χ1v) is 5.50. The molecular formula is C14H18O2. The van der Waals surface area contributed by atoms with Gasteiger partial charge in [-0.15, -0.1) is 0 Å². The Hall–Kier alpha value is -1.57. The smallest absolute Gasteiger partial charge is 0.338 e. The zero-order valence-corrected chi connectivity index (χ0v) is 10.3. The quantitative estimate of drug-likeness (QED) is 0.439. The van der Waals surface area contributed by atoms with Crippen LogP contribution in [-0.4, -0.2) is 5.97 Å². The molecule has 0 aromatic heterocycles. The summed E-state index contributed by atoms with van der Waals surface area (Å²) in [4.78, 5) is 11.6. The van der Waals surface area contributed by atoms with E-state index in [1.807, 2.05) is 31.2 Å². The van der Waals surface area contributed by atoms with Crippen LogP contribution in [0, 0.1) is 0 Å². The summed E-state index contributed by atoms with van der Waals surface area (Å²) < 4.78 is 5.35. The molecule has 0 spiro atoms. The number of benzene rings is 1. The second-order valence-electron chi connectivity index (χ2n) is 4.05. The molecule has 2 heteroatoms. The molecule has 0 aliphatic rings. The highest BCUT2D eigenvalue weighted by Crippen LogP contribution is 2.26. The number of carbonyl (C=O) groups is 1. The number of carbonyl (C=O) groups excluding carboxylic acids is 1. The molecular weight excluding hydrogens is 200 g/mol. The van der Waals surface area contributed by atoms with E-state index in [-0.39, 0.29) is 5.97 Å². The molecule has 0 atom stereocenters. The maximum absolute atomic E-state index is 11.6. The van der Waals surface area contributed by atoms with Gasteiger partial charge >= 0.3 is 5.97 Å². The first-order chi connectivity index (χ1) is 7.56. The van der Waals surface area contributed by atoms with Crippen LogP contribution < -0.4 is 4.74 Å². The van der Waals surface area contributed by atoms with Crippen molar-refractivity contribution in [3.8, 4) is 5.75 Å². The Morgan fingerprint density at radius 3 is 2.50 bits per heavy atom. The maximum Gasteiger partial charge on any atom is 0.338 e. The fraction of sp³-hybridized carbons (Fsp3) is 0.357. The van der Waals surface area contributed by atoms with Crippen LogP contribution in [0.4, 0.5) is 0 Å². The molecule has 16 heavy (non-hydrogen) atoms. The molecule has 0 saturated carbocycles. The molecule has 0 fully saturated rings. The summed E-state index contributed by atoms with van der Waals surface area (Å²) in [6.07, 6.45) is 1.75. The number of rotatable bonds is 3. The molecule has 2 nitrogen and oxygen atoms in total. The monoisotopic (exact) mass is 218 g/mol. The lowest BCUT2D eigenvalue weighted by molar-refractivity contribution is -0.130. The Labute approximate surface area is 96.9 Å². The normalized spacial score (nSPS) is 11.7. The van der Waals surface area contributed by atoms with Gasteiger partial charge in [-0.25, -0.2) is 4.79 Å². The maximum atomic E-state index is 11.6. The Morgan fingerprint density at radius 1 is 1.31 bits per heavy atom. The van der Waals surface area contributed by atoms with E-state index in [4.69, 9.17) is 4.74 Å². The molecule has 1 rings (SSSR count). The Balaban J connectivity index is 2.93. The van der Waals surface area contributed by atoms with Crippen LogP contribution in [0.1, 0.15) is 39.2 Å². The zero-order chi connectivity index (χ0) is 12.1. The van der Waals surface area contributed by atoms with Crippen molar-refractivity contribution in [2.24, 2.45) is 0 Å². The molecule has 0 bridgehead atoms. The lowest BCUT2D eigenvalue weighted by atomic mass is 10.0. The minimum absolute atomic E-state index is 0.282. The summed E-state index contributed by atoms with van der Waals surface area (Å²) in [5.41, 5.74) is 1.68. The number of para-hydroxylation sites is 1. The van der Waals surface area contributed by atoms with E-state index >= 15 is 0 Å². The third kappa shape index (κ3) is 2.96. The summed E-state index contributed by atoms with van der Waals surface area (Å²) in [5, 5.41) is 0. The van der Waals surface area contributed by atoms with Crippen molar-refractivity contribution in [2.45, 2.75) is 33.6 Å². The SMILES string of the molecule is C/C=C(/C)C(=O)Oc1ccccc1C(C)C. The van der Waals surface area contributed by atoms with E-state index < -0.39 is 0 Å². The van der Waals surface area contributed by atoms with Gasteiger partial charge < -0.3 is 4.74 Å². The Bertz CT molecular complexity index is 403. The van der Waals surface area contributed by atoms with Crippen molar-refractivity contribution in [2.75, 3.05) is 0 Å². The molecule has 1 aromatic carbocycles. The van der Waals surface area contributed by atoms with Gasteiger partial charge in [-0.3, -0.25) is 0 Å². The summed E-state index contributed by atoms with van der Waals surface area (Å²) in [6.45, 7) is 7.73. The minimum atomic E-state index is -0.282. The number of hydrogen-bond acceptors (Lipinski definition) is 2. The van der Waals surface area contributed by atoms with Gasteiger partial charge in [0.1, 0.15) is 5.75 Å². The van der Waals surface area contributed by atoms with E-state index in [2.05, 4.69) is 13.8 Å². The van der Waals surface area contributed by atoms with Crippen molar-refractivity contribution in [1.29, 1.82) is 0 Å². The van der Waals surface area contributed by atoms with E-state index in [0.717, 1.165) is 5.56 Å². The summed E-state index contributed by atoms with van der Waals surface area (Å²) in [5.74, 6) is 0.717. The third-order valence-corrected chi connectivity index (χ3v) is 2.50. The van der Waals surface area contributed by atoms with Crippen molar-refractivity contribution < 1.29 is 9.53 Å². The van der Waals surface area contributed by atoms with Gasteiger partial charge in [0.2, 0.25) is 0 Å². The molecule has 0 N–H and O–H groups in total. The van der Waals surface area contributed by atoms with E-state index in [1.54, 1.807) is 13.0 Å². The predicted molar refractivity (Wildman–Crippen MR) is 65.6 cm³/mol. The molecule has 0 radical (unpaired) electrons. The molecule has 86 valence electrons. The van der Waals surface area contributed by atoms with E-state index in [1.165, 1.54) is 0 Å². The number of hydrogen-bond donors (Lipinski definition) is 0. The highest BCUT2D eigenvalue weighted by atomic mass is 16.5. The lowest BCUT2D eigenvalue weighted by Crippen LogP contribution is -2.10. The van der Waals surface area contributed by atoms with Gasteiger partial charge in [0.25, 0.3) is 0 Å². The van der Waals surface area contributed by atoms with E-state index in [9.17, 15) is 4.79 Å². The highest BCUT2D eigenvalue weighted by Gasteiger charge is 2.11. The number of esters is 1. The van der Waals surface area contributed by atoms with Gasteiger partial charge in [-0.05, 0) is 31.4 Å². The zero-order valence-electron chi connectivity index (χ0n) is 10.3. The Morgan fingerprint density at radius 2 is 1.94 bits per heavy atom. The van der Waals surface area contributed by atoms with Gasteiger partial charge in [0, 0.05) is 5.57 Å². The average Bonchev–Trinajstić information content (AvgIpc) is 2.28. The first-order valence-electron chi connectivity index (χ1n) is 5.50. The van der Waals surface area contributed by atoms with Crippen LogP contribution in [0.15, 0.2) is 35.9 Å². The summed E-state index contributed by atoms with van der Waals surface area (Å²) in [6, 6.07) is 7.64. The topological polar surface area (TPSA) is 26.3 Å². The van der Waals surface area contributed by atoms with Gasteiger partial charge in [-0.1, -0.05) is 38.1 Å². The van der Waals surface area contributed by atoms with Gasteiger partial charge in [0.15, 0.2) is 0 Å². The van der Waals surface area contributed by atoms with Crippen LogP contribution in [0.25, 0.3) is 0 Å². The molecule has 0 unspecified atom stereocenters. The van der Waals surface area contributed by atoms with Crippen LogP contribution in [-0.2, 0) is 4.79 Å². The van der Waals surface area contributed by atoms with E-state index in [0.29, 0.717) is 17.2 Å². The largest absolute Gasteiger partial charge is 0.423 e. The first kappa shape index (κ1) is 12.5. The molecule has 0 aliphatic carbocycles. The van der Waals surface area contributed by atoms with Crippen molar-refractivity contribution in [3.05, 3.63) is 41.5 Å². The minimum Gasteiger partial charge on any atom is -0.423 e. The fourth-order valence-corrected chi connectivity index (χ4v) is 1.35. The second kappa shape index (κ2) is 5.50. The molecule has 0 aliphatic heterocycles. The molecule has 0 saturated heterocycles. The lowest BCUT2D eigenvalue weighted by Gasteiger charge is -2.12. The summed E-state index contributed by atoms with van der Waals surface area (Å²) >= 11 is 0. The van der Waals surface area contributed by atoms with Gasteiger partial charge in [0.05, 0.1) is 0 Å². The molecule has 1 aromatic rings. The number of allylic oxidation sites excluding steroid dienone is 1. The Kier molecular flexibility index (Phi) is 4.29. The second-order valence-corrected chi connectivity index (χ2v) is 4.05.